The number of hydrogen-bond donors (Lipinski definition) is 2. The fourth-order valence-corrected chi connectivity index (χ4v) is 2.43. The Morgan fingerprint density at radius 1 is 1.16 bits per heavy atom. The van der Waals surface area contributed by atoms with Crippen molar-refractivity contribution >= 4 is 15.9 Å². The first kappa shape index (κ1) is 14.2. The van der Waals surface area contributed by atoms with Crippen LogP contribution >= 0.6 is 15.9 Å². The fraction of sp³-hybridized carbons (Fsp3) is 0.200. The van der Waals surface area contributed by atoms with Crippen molar-refractivity contribution in [2.45, 2.75) is 18.9 Å². The lowest BCUT2D eigenvalue weighted by Gasteiger charge is -2.16. The molecule has 0 heterocycles. The van der Waals surface area contributed by atoms with E-state index < -0.39 is 0 Å². The van der Waals surface area contributed by atoms with Gasteiger partial charge in [0.15, 0.2) is 0 Å². The number of nitrogens with one attached hydrogen (secondary N) is 1. The Hall–Kier alpha value is -1.23. The van der Waals surface area contributed by atoms with Crippen LogP contribution in [0.2, 0.25) is 0 Å². The van der Waals surface area contributed by atoms with Gasteiger partial charge in [-0.05, 0) is 52.0 Å². The summed E-state index contributed by atoms with van der Waals surface area (Å²) in [6.45, 7) is 0. The quantitative estimate of drug-likeness (QED) is 0.650. The van der Waals surface area contributed by atoms with Crippen molar-refractivity contribution < 1.29 is 4.39 Å². The Bertz CT molecular complexity index is 531. The maximum absolute atomic E-state index is 13.2. The molecule has 0 aliphatic carbocycles. The van der Waals surface area contributed by atoms with Crippen molar-refractivity contribution in [3.8, 4) is 0 Å². The second kappa shape index (κ2) is 6.80. The van der Waals surface area contributed by atoms with Crippen LogP contribution in [0.5, 0.6) is 0 Å². The van der Waals surface area contributed by atoms with Crippen LogP contribution in [-0.2, 0) is 6.42 Å². The third-order valence-corrected chi connectivity index (χ3v) is 3.72. The Balaban J connectivity index is 2.05. The van der Waals surface area contributed by atoms with Crippen LogP contribution in [-0.4, -0.2) is 0 Å². The standard InChI is InChI=1S/C15H16BrFN2/c16-13-10-12(7-8-14(13)17)15(19-18)9-6-11-4-2-1-3-5-11/h1-5,7-8,10,15,19H,6,9,18H2. The van der Waals surface area contributed by atoms with Crippen molar-refractivity contribution in [2.24, 2.45) is 5.84 Å². The number of rotatable bonds is 5. The highest BCUT2D eigenvalue weighted by Gasteiger charge is 2.11. The Kier molecular flexibility index (Phi) is 5.07. The van der Waals surface area contributed by atoms with Gasteiger partial charge >= 0.3 is 0 Å². The summed E-state index contributed by atoms with van der Waals surface area (Å²) in [7, 11) is 0. The van der Waals surface area contributed by atoms with Crippen molar-refractivity contribution in [1.82, 2.24) is 5.43 Å². The lowest BCUT2D eigenvalue weighted by Crippen LogP contribution is -2.28. The molecule has 0 aliphatic heterocycles. The highest BCUT2D eigenvalue weighted by molar-refractivity contribution is 9.10. The highest BCUT2D eigenvalue weighted by atomic mass is 79.9. The Morgan fingerprint density at radius 3 is 2.53 bits per heavy atom. The van der Waals surface area contributed by atoms with E-state index >= 15 is 0 Å². The van der Waals surface area contributed by atoms with Gasteiger partial charge in [-0.25, -0.2) is 4.39 Å². The molecule has 100 valence electrons. The van der Waals surface area contributed by atoms with Gasteiger partial charge in [0, 0.05) is 6.04 Å². The number of hydrazine groups is 1. The van der Waals surface area contributed by atoms with E-state index in [1.807, 2.05) is 18.2 Å². The third-order valence-electron chi connectivity index (χ3n) is 3.11. The van der Waals surface area contributed by atoms with Gasteiger partial charge < -0.3 is 0 Å². The number of benzene rings is 2. The van der Waals surface area contributed by atoms with E-state index in [1.165, 1.54) is 11.6 Å². The van der Waals surface area contributed by atoms with Crippen LogP contribution in [0, 0.1) is 5.82 Å². The molecular formula is C15H16BrFN2. The molecule has 0 radical (unpaired) electrons. The SMILES string of the molecule is NNC(CCc1ccccc1)c1ccc(F)c(Br)c1. The van der Waals surface area contributed by atoms with Gasteiger partial charge in [0.05, 0.1) is 4.47 Å². The smallest absolute Gasteiger partial charge is 0.137 e. The van der Waals surface area contributed by atoms with Crippen molar-refractivity contribution in [2.75, 3.05) is 0 Å². The molecule has 0 bridgehead atoms. The molecule has 0 amide bonds. The maximum atomic E-state index is 13.2. The molecule has 0 fully saturated rings. The van der Waals surface area contributed by atoms with Gasteiger partial charge in [-0.3, -0.25) is 11.3 Å². The first-order chi connectivity index (χ1) is 9.20. The average Bonchev–Trinajstić information content (AvgIpc) is 2.44. The first-order valence-corrected chi connectivity index (χ1v) is 6.95. The van der Waals surface area contributed by atoms with E-state index in [0.717, 1.165) is 18.4 Å². The Labute approximate surface area is 120 Å². The van der Waals surface area contributed by atoms with E-state index in [9.17, 15) is 4.39 Å². The zero-order chi connectivity index (χ0) is 13.7. The summed E-state index contributed by atoms with van der Waals surface area (Å²) in [5.74, 6) is 5.34. The second-order valence-electron chi connectivity index (χ2n) is 4.42. The topological polar surface area (TPSA) is 38.0 Å². The molecule has 0 saturated heterocycles. The summed E-state index contributed by atoms with van der Waals surface area (Å²) in [6, 6.07) is 15.2. The summed E-state index contributed by atoms with van der Waals surface area (Å²) < 4.78 is 13.7. The number of nitrogens with two attached hydrogens (primary N) is 1. The predicted molar refractivity (Wildman–Crippen MR) is 78.9 cm³/mol. The number of hydrogen-bond acceptors (Lipinski definition) is 2. The van der Waals surface area contributed by atoms with Crippen LogP contribution in [0.25, 0.3) is 0 Å². The van der Waals surface area contributed by atoms with E-state index in [4.69, 9.17) is 5.84 Å². The van der Waals surface area contributed by atoms with Crippen LogP contribution in [0.3, 0.4) is 0 Å². The normalized spacial score (nSPS) is 12.4. The molecule has 2 aromatic carbocycles. The lowest BCUT2D eigenvalue weighted by atomic mass is 9.99. The van der Waals surface area contributed by atoms with Gasteiger partial charge in [-0.15, -0.1) is 0 Å². The molecule has 2 rings (SSSR count). The molecule has 4 heteroatoms. The minimum absolute atomic E-state index is 0.0112. The van der Waals surface area contributed by atoms with E-state index in [1.54, 1.807) is 12.1 Å². The number of halogens is 2. The van der Waals surface area contributed by atoms with E-state index in [2.05, 4.69) is 33.5 Å². The van der Waals surface area contributed by atoms with Gasteiger partial charge in [0.2, 0.25) is 0 Å². The predicted octanol–water partition coefficient (Wildman–Crippen LogP) is 3.73. The largest absolute Gasteiger partial charge is 0.271 e. The van der Waals surface area contributed by atoms with Crippen LogP contribution < -0.4 is 11.3 Å². The van der Waals surface area contributed by atoms with Gasteiger partial charge in [0.25, 0.3) is 0 Å². The third kappa shape index (κ3) is 3.86. The highest BCUT2D eigenvalue weighted by Crippen LogP contribution is 2.24. The molecule has 0 saturated carbocycles. The molecule has 2 nitrogen and oxygen atoms in total. The van der Waals surface area contributed by atoms with Crippen molar-refractivity contribution in [3.63, 3.8) is 0 Å². The first-order valence-electron chi connectivity index (χ1n) is 6.15. The minimum Gasteiger partial charge on any atom is -0.271 e. The van der Waals surface area contributed by atoms with Gasteiger partial charge in [-0.1, -0.05) is 36.4 Å². The van der Waals surface area contributed by atoms with Crippen LogP contribution in [0.4, 0.5) is 4.39 Å². The molecule has 2 aromatic rings. The van der Waals surface area contributed by atoms with Gasteiger partial charge in [0.1, 0.15) is 5.82 Å². The van der Waals surface area contributed by atoms with E-state index in [0.29, 0.717) is 4.47 Å². The molecule has 0 aromatic heterocycles. The molecule has 1 atom stereocenters. The summed E-state index contributed by atoms with van der Waals surface area (Å²) in [6.07, 6.45) is 1.78. The van der Waals surface area contributed by atoms with Gasteiger partial charge in [-0.2, -0.15) is 0 Å². The van der Waals surface area contributed by atoms with Crippen molar-refractivity contribution in [1.29, 1.82) is 0 Å². The zero-order valence-electron chi connectivity index (χ0n) is 10.4. The second-order valence-corrected chi connectivity index (χ2v) is 5.27. The van der Waals surface area contributed by atoms with E-state index in [-0.39, 0.29) is 11.9 Å². The average molecular weight is 323 g/mol. The van der Waals surface area contributed by atoms with Crippen LogP contribution in [0.1, 0.15) is 23.6 Å². The maximum Gasteiger partial charge on any atom is 0.137 e. The summed E-state index contributed by atoms with van der Waals surface area (Å²) >= 11 is 3.20. The lowest BCUT2D eigenvalue weighted by molar-refractivity contribution is 0.514. The fourth-order valence-electron chi connectivity index (χ4n) is 2.03. The molecular weight excluding hydrogens is 307 g/mol. The molecule has 0 spiro atoms. The summed E-state index contributed by atoms with van der Waals surface area (Å²) in [5.41, 5.74) is 5.04. The zero-order valence-corrected chi connectivity index (χ0v) is 12.0. The Morgan fingerprint density at radius 2 is 1.89 bits per heavy atom. The number of aryl methyl sites for hydroxylation is 1. The van der Waals surface area contributed by atoms with Crippen LogP contribution in [0.15, 0.2) is 53.0 Å². The minimum atomic E-state index is -0.261. The summed E-state index contributed by atoms with van der Waals surface area (Å²) in [5, 5.41) is 0. The summed E-state index contributed by atoms with van der Waals surface area (Å²) in [4.78, 5) is 0. The molecule has 3 N–H and O–H groups in total. The monoisotopic (exact) mass is 322 g/mol. The molecule has 19 heavy (non-hydrogen) atoms. The van der Waals surface area contributed by atoms with Crippen molar-refractivity contribution in [3.05, 3.63) is 69.9 Å². The molecule has 0 aliphatic rings. The molecule has 1 unspecified atom stereocenters.